The van der Waals surface area contributed by atoms with Crippen molar-refractivity contribution >= 4 is 0 Å². The average molecular weight is 187 g/mol. The first-order valence-electron chi connectivity index (χ1n) is 5.65. The maximum atomic E-state index is 9.03. The van der Waals surface area contributed by atoms with E-state index in [0.717, 1.165) is 12.8 Å². The molecule has 0 radical (unpaired) electrons. The molecule has 0 spiro atoms. The van der Waals surface area contributed by atoms with Crippen molar-refractivity contribution in [1.82, 2.24) is 5.32 Å². The lowest BCUT2D eigenvalue weighted by Crippen LogP contribution is -2.39. The Balaban J connectivity index is 3.67. The largest absolute Gasteiger partial charge is 0.395 e. The quantitative estimate of drug-likeness (QED) is 0.611. The summed E-state index contributed by atoms with van der Waals surface area (Å²) in [6.45, 7) is 6.80. The monoisotopic (exact) mass is 187 g/mol. The first-order valence-corrected chi connectivity index (χ1v) is 5.65. The highest BCUT2D eigenvalue weighted by atomic mass is 16.3. The topological polar surface area (TPSA) is 32.3 Å². The molecule has 0 aliphatic carbocycles. The van der Waals surface area contributed by atoms with Gasteiger partial charge in [-0.3, -0.25) is 0 Å². The average Bonchev–Trinajstić information content (AvgIpc) is 2.19. The molecule has 2 nitrogen and oxygen atoms in total. The van der Waals surface area contributed by atoms with Gasteiger partial charge in [0.25, 0.3) is 0 Å². The van der Waals surface area contributed by atoms with Gasteiger partial charge in [-0.05, 0) is 19.3 Å². The Kier molecular flexibility index (Phi) is 8.46. The molecule has 0 aromatic heterocycles. The van der Waals surface area contributed by atoms with Crippen LogP contribution in [0.3, 0.4) is 0 Å². The minimum absolute atomic E-state index is 0.263. The summed E-state index contributed by atoms with van der Waals surface area (Å²) in [5.74, 6) is 0. The number of unbranched alkanes of at least 4 members (excludes halogenated alkanes) is 1. The molecule has 13 heavy (non-hydrogen) atoms. The summed E-state index contributed by atoms with van der Waals surface area (Å²) in [5, 5.41) is 12.5. The van der Waals surface area contributed by atoms with Crippen molar-refractivity contribution in [2.24, 2.45) is 0 Å². The maximum Gasteiger partial charge on any atom is 0.0584 e. The fraction of sp³-hybridized carbons (Fsp3) is 1.00. The van der Waals surface area contributed by atoms with Crippen LogP contribution in [0.2, 0.25) is 0 Å². The molecule has 2 atom stereocenters. The molecule has 2 unspecified atom stereocenters. The zero-order chi connectivity index (χ0) is 10.1. The number of hydrogen-bond acceptors (Lipinski definition) is 2. The van der Waals surface area contributed by atoms with Crippen LogP contribution in [0.15, 0.2) is 0 Å². The zero-order valence-corrected chi connectivity index (χ0v) is 9.34. The van der Waals surface area contributed by atoms with Crippen LogP contribution in [0.1, 0.15) is 52.9 Å². The Hall–Kier alpha value is -0.0800. The second-order valence-electron chi connectivity index (χ2n) is 3.70. The van der Waals surface area contributed by atoms with Crippen molar-refractivity contribution in [3.8, 4) is 0 Å². The number of aliphatic hydroxyl groups is 1. The molecule has 0 saturated carbocycles. The van der Waals surface area contributed by atoms with E-state index in [1.165, 1.54) is 19.3 Å². The van der Waals surface area contributed by atoms with Gasteiger partial charge in [-0.2, -0.15) is 0 Å². The van der Waals surface area contributed by atoms with Crippen LogP contribution in [0.25, 0.3) is 0 Å². The lowest BCUT2D eigenvalue weighted by Gasteiger charge is -2.22. The Morgan fingerprint density at radius 3 is 2.08 bits per heavy atom. The fourth-order valence-electron chi connectivity index (χ4n) is 1.49. The summed E-state index contributed by atoms with van der Waals surface area (Å²) in [6.07, 6.45) is 5.96. The molecule has 0 aromatic carbocycles. The molecule has 80 valence electrons. The molecular formula is C11H25NO. The van der Waals surface area contributed by atoms with Crippen molar-refractivity contribution in [2.45, 2.75) is 65.0 Å². The van der Waals surface area contributed by atoms with Gasteiger partial charge in [0.15, 0.2) is 0 Å². The van der Waals surface area contributed by atoms with E-state index in [4.69, 9.17) is 5.11 Å². The van der Waals surface area contributed by atoms with Crippen LogP contribution < -0.4 is 5.32 Å². The van der Waals surface area contributed by atoms with Gasteiger partial charge in [0.2, 0.25) is 0 Å². The molecule has 0 bridgehead atoms. The Labute approximate surface area is 82.7 Å². The predicted molar refractivity (Wildman–Crippen MR) is 57.9 cm³/mol. The molecule has 0 saturated heterocycles. The van der Waals surface area contributed by atoms with E-state index in [1.807, 2.05) is 0 Å². The van der Waals surface area contributed by atoms with Crippen LogP contribution in [0.4, 0.5) is 0 Å². The third kappa shape index (κ3) is 6.05. The summed E-state index contributed by atoms with van der Waals surface area (Å²) in [6, 6.07) is 0.888. The highest BCUT2D eigenvalue weighted by Crippen LogP contribution is 2.05. The SMILES string of the molecule is CCCCC(CC)NC(CC)CO. The molecule has 2 heteroatoms. The van der Waals surface area contributed by atoms with Crippen molar-refractivity contribution in [2.75, 3.05) is 6.61 Å². The lowest BCUT2D eigenvalue weighted by molar-refractivity contribution is 0.223. The van der Waals surface area contributed by atoms with Gasteiger partial charge in [-0.15, -0.1) is 0 Å². The molecule has 2 N–H and O–H groups in total. The Bertz CT molecular complexity index is 102. The van der Waals surface area contributed by atoms with Gasteiger partial charge in [0, 0.05) is 12.1 Å². The zero-order valence-electron chi connectivity index (χ0n) is 9.34. The Morgan fingerprint density at radius 1 is 1.08 bits per heavy atom. The van der Waals surface area contributed by atoms with E-state index >= 15 is 0 Å². The number of aliphatic hydroxyl groups excluding tert-OH is 1. The summed E-state index contributed by atoms with van der Waals surface area (Å²) >= 11 is 0. The summed E-state index contributed by atoms with van der Waals surface area (Å²) < 4.78 is 0. The van der Waals surface area contributed by atoms with Gasteiger partial charge in [-0.1, -0.05) is 33.6 Å². The summed E-state index contributed by atoms with van der Waals surface area (Å²) in [7, 11) is 0. The number of hydrogen-bond donors (Lipinski definition) is 2. The van der Waals surface area contributed by atoms with E-state index in [9.17, 15) is 0 Å². The third-order valence-corrected chi connectivity index (χ3v) is 2.58. The summed E-state index contributed by atoms with van der Waals surface area (Å²) in [4.78, 5) is 0. The number of nitrogens with one attached hydrogen (secondary N) is 1. The van der Waals surface area contributed by atoms with Crippen molar-refractivity contribution in [3.63, 3.8) is 0 Å². The maximum absolute atomic E-state index is 9.03. The molecule has 0 fully saturated rings. The van der Waals surface area contributed by atoms with Crippen molar-refractivity contribution < 1.29 is 5.11 Å². The normalized spacial score (nSPS) is 15.7. The molecule has 0 aliphatic rings. The standard InChI is InChI=1S/C11H25NO/c1-4-7-8-10(5-2)12-11(6-3)9-13/h10-13H,4-9H2,1-3H3. The van der Waals surface area contributed by atoms with E-state index in [0.29, 0.717) is 12.1 Å². The lowest BCUT2D eigenvalue weighted by atomic mass is 10.1. The molecule has 0 amide bonds. The number of rotatable bonds is 8. The van der Waals surface area contributed by atoms with Gasteiger partial charge < -0.3 is 10.4 Å². The molecular weight excluding hydrogens is 162 g/mol. The highest BCUT2D eigenvalue weighted by Gasteiger charge is 2.10. The predicted octanol–water partition coefficient (Wildman–Crippen LogP) is 2.32. The van der Waals surface area contributed by atoms with E-state index in [2.05, 4.69) is 26.1 Å². The van der Waals surface area contributed by atoms with Crippen LogP contribution >= 0.6 is 0 Å². The second kappa shape index (κ2) is 8.52. The minimum Gasteiger partial charge on any atom is -0.395 e. The van der Waals surface area contributed by atoms with Gasteiger partial charge in [0.1, 0.15) is 0 Å². The fourth-order valence-corrected chi connectivity index (χ4v) is 1.49. The van der Waals surface area contributed by atoms with Crippen LogP contribution in [0, 0.1) is 0 Å². The summed E-state index contributed by atoms with van der Waals surface area (Å²) in [5.41, 5.74) is 0. The molecule has 0 aliphatic heterocycles. The van der Waals surface area contributed by atoms with Crippen LogP contribution in [-0.2, 0) is 0 Å². The third-order valence-electron chi connectivity index (χ3n) is 2.58. The van der Waals surface area contributed by atoms with Gasteiger partial charge in [0.05, 0.1) is 6.61 Å². The van der Waals surface area contributed by atoms with E-state index < -0.39 is 0 Å². The molecule has 0 heterocycles. The molecule has 0 aromatic rings. The molecule has 0 rings (SSSR count). The Morgan fingerprint density at radius 2 is 1.69 bits per heavy atom. The second-order valence-corrected chi connectivity index (χ2v) is 3.70. The van der Waals surface area contributed by atoms with E-state index in [1.54, 1.807) is 0 Å². The van der Waals surface area contributed by atoms with Crippen molar-refractivity contribution in [3.05, 3.63) is 0 Å². The first-order chi connectivity index (χ1) is 6.28. The van der Waals surface area contributed by atoms with Gasteiger partial charge in [-0.25, -0.2) is 0 Å². The highest BCUT2D eigenvalue weighted by molar-refractivity contribution is 4.71. The van der Waals surface area contributed by atoms with Crippen molar-refractivity contribution in [1.29, 1.82) is 0 Å². The first kappa shape index (κ1) is 12.9. The smallest absolute Gasteiger partial charge is 0.0584 e. The van der Waals surface area contributed by atoms with Gasteiger partial charge >= 0.3 is 0 Å². The minimum atomic E-state index is 0.263. The van der Waals surface area contributed by atoms with Crippen LogP contribution in [-0.4, -0.2) is 23.8 Å². The van der Waals surface area contributed by atoms with Crippen LogP contribution in [0.5, 0.6) is 0 Å². The van der Waals surface area contributed by atoms with E-state index in [-0.39, 0.29) is 6.61 Å².